The van der Waals surface area contributed by atoms with Gasteiger partial charge in [-0.15, -0.1) is 0 Å². The van der Waals surface area contributed by atoms with Crippen LogP contribution >= 0.6 is 0 Å². The first-order valence-electron chi connectivity index (χ1n) is 7.38. The summed E-state index contributed by atoms with van der Waals surface area (Å²) in [7, 11) is 0. The lowest BCUT2D eigenvalue weighted by atomic mass is 10.0. The van der Waals surface area contributed by atoms with Crippen LogP contribution in [0.1, 0.15) is 41.7 Å². The lowest BCUT2D eigenvalue weighted by Gasteiger charge is -2.13. The second-order valence-corrected chi connectivity index (χ2v) is 5.53. The normalized spacial score (nSPS) is 15.8. The van der Waals surface area contributed by atoms with E-state index in [1.54, 1.807) is 0 Å². The Morgan fingerprint density at radius 3 is 2.61 bits per heavy atom. The molecule has 1 saturated carbocycles. The molecule has 1 N–H and O–H groups in total. The largest absolute Gasteiger partial charge is 0.443 e. The van der Waals surface area contributed by atoms with Crippen molar-refractivity contribution >= 4 is 5.91 Å². The molecule has 7 heteroatoms. The van der Waals surface area contributed by atoms with E-state index in [1.807, 2.05) is 0 Å². The fraction of sp³-hybridized carbons (Fsp3) is 0.375. The van der Waals surface area contributed by atoms with Crippen LogP contribution in [-0.2, 0) is 6.18 Å². The number of halogens is 3. The summed E-state index contributed by atoms with van der Waals surface area (Å²) < 4.78 is 44.5. The Balaban J connectivity index is 1.94. The van der Waals surface area contributed by atoms with Crippen LogP contribution in [0.25, 0.3) is 11.3 Å². The van der Waals surface area contributed by atoms with Crippen LogP contribution in [0.3, 0.4) is 0 Å². The van der Waals surface area contributed by atoms with Crippen LogP contribution in [0.5, 0.6) is 0 Å². The highest BCUT2D eigenvalue weighted by Crippen LogP contribution is 2.38. The number of hydrogen-bond donors (Lipinski definition) is 1. The highest BCUT2D eigenvalue weighted by molar-refractivity contribution is 5.98. The number of amides is 1. The number of alkyl halides is 3. The van der Waals surface area contributed by atoms with Crippen molar-refractivity contribution in [3.05, 3.63) is 41.9 Å². The molecule has 0 unspecified atom stereocenters. The standard InChI is InChI=1S/C16H15F3N2O2/c17-16(18,19)12-8-4-3-7-11(12)14-13(20-9-23-14)15(22)21-10-5-1-2-6-10/h3-4,7-10H,1-2,5-6H2,(H,21,22). The zero-order chi connectivity index (χ0) is 16.4. The monoisotopic (exact) mass is 324 g/mol. The molecular formula is C16H15F3N2O2. The van der Waals surface area contributed by atoms with Crippen molar-refractivity contribution in [2.75, 3.05) is 0 Å². The smallest absolute Gasteiger partial charge is 0.417 e. The van der Waals surface area contributed by atoms with Crippen molar-refractivity contribution in [2.45, 2.75) is 37.9 Å². The highest BCUT2D eigenvalue weighted by atomic mass is 19.4. The van der Waals surface area contributed by atoms with Crippen LogP contribution in [-0.4, -0.2) is 16.9 Å². The minimum Gasteiger partial charge on any atom is -0.443 e. The van der Waals surface area contributed by atoms with Crippen LogP contribution < -0.4 is 5.32 Å². The predicted octanol–water partition coefficient (Wildman–Crippen LogP) is 4.03. The quantitative estimate of drug-likeness (QED) is 0.927. The molecule has 0 aliphatic heterocycles. The number of nitrogens with zero attached hydrogens (tertiary/aromatic N) is 1. The summed E-state index contributed by atoms with van der Waals surface area (Å²) in [5, 5.41) is 2.81. The van der Waals surface area contributed by atoms with Crippen LogP contribution in [0, 0.1) is 0 Å². The van der Waals surface area contributed by atoms with Gasteiger partial charge >= 0.3 is 6.18 Å². The molecule has 0 atom stereocenters. The van der Waals surface area contributed by atoms with Gasteiger partial charge in [-0.2, -0.15) is 13.2 Å². The van der Waals surface area contributed by atoms with Gasteiger partial charge in [-0.1, -0.05) is 31.0 Å². The van der Waals surface area contributed by atoms with E-state index in [1.165, 1.54) is 18.2 Å². The highest BCUT2D eigenvalue weighted by Gasteiger charge is 2.35. The summed E-state index contributed by atoms with van der Waals surface area (Å²) >= 11 is 0. The number of nitrogens with one attached hydrogen (secondary N) is 1. The molecule has 1 aliphatic rings. The van der Waals surface area contributed by atoms with Gasteiger partial charge in [-0.05, 0) is 18.9 Å². The van der Waals surface area contributed by atoms with E-state index in [-0.39, 0.29) is 23.1 Å². The summed E-state index contributed by atoms with van der Waals surface area (Å²) in [5.74, 6) is -0.661. The van der Waals surface area contributed by atoms with Gasteiger partial charge in [0.15, 0.2) is 17.8 Å². The number of rotatable bonds is 3. The van der Waals surface area contributed by atoms with Crippen molar-refractivity contribution in [1.82, 2.24) is 10.3 Å². The van der Waals surface area contributed by atoms with Crippen molar-refractivity contribution < 1.29 is 22.4 Å². The molecule has 1 aliphatic carbocycles. The molecule has 122 valence electrons. The van der Waals surface area contributed by atoms with Gasteiger partial charge < -0.3 is 9.73 Å². The van der Waals surface area contributed by atoms with Gasteiger partial charge in [-0.3, -0.25) is 4.79 Å². The molecule has 1 amide bonds. The number of carbonyl (C=O) groups is 1. The third-order valence-corrected chi connectivity index (χ3v) is 3.95. The maximum absolute atomic E-state index is 13.1. The van der Waals surface area contributed by atoms with Gasteiger partial charge in [0.2, 0.25) is 0 Å². The van der Waals surface area contributed by atoms with E-state index in [4.69, 9.17) is 4.42 Å². The molecule has 0 saturated heterocycles. The molecule has 1 heterocycles. The predicted molar refractivity (Wildman–Crippen MR) is 76.7 cm³/mol. The van der Waals surface area contributed by atoms with E-state index in [0.717, 1.165) is 38.1 Å². The molecule has 1 fully saturated rings. The van der Waals surface area contributed by atoms with Gasteiger partial charge in [0.05, 0.1) is 5.56 Å². The van der Waals surface area contributed by atoms with Crippen molar-refractivity contribution in [3.8, 4) is 11.3 Å². The number of benzene rings is 1. The maximum Gasteiger partial charge on any atom is 0.417 e. The van der Waals surface area contributed by atoms with E-state index < -0.39 is 17.6 Å². The first kappa shape index (κ1) is 15.6. The number of hydrogen-bond acceptors (Lipinski definition) is 3. The first-order chi connectivity index (χ1) is 11.0. The Kier molecular flexibility index (Phi) is 4.11. The Morgan fingerprint density at radius 2 is 1.91 bits per heavy atom. The molecule has 0 bridgehead atoms. The third-order valence-electron chi connectivity index (χ3n) is 3.95. The Hall–Kier alpha value is -2.31. The minimum atomic E-state index is -4.54. The molecule has 0 radical (unpaired) electrons. The number of carbonyl (C=O) groups excluding carboxylic acids is 1. The molecule has 3 rings (SSSR count). The van der Waals surface area contributed by atoms with Crippen LogP contribution in [0.4, 0.5) is 13.2 Å². The van der Waals surface area contributed by atoms with Crippen molar-refractivity contribution in [2.24, 2.45) is 0 Å². The SMILES string of the molecule is O=C(NC1CCCC1)c1ncoc1-c1ccccc1C(F)(F)F. The average Bonchev–Trinajstić information content (AvgIpc) is 3.17. The fourth-order valence-corrected chi connectivity index (χ4v) is 2.85. The molecule has 1 aromatic heterocycles. The van der Waals surface area contributed by atoms with Gasteiger partial charge in [0, 0.05) is 11.6 Å². The van der Waals surface area contributed by atoms with Crippen LogP contribution in [0.15, 0.2) is 35.1 Å². The van der Waals surface area contributed by atoms with Crippen LogP contribution in [0.2, 0.25) is 0 Å². The zero-order valence-electron chi connectivity index (χ0n) is 12.2. The Morgan fingerprint density at radius 1 is 1.22 bits per heavy atom. The van der Waals surface area contributed by atoms with Crippen molar-refractivity contribution in [1.29, 1.82) is 0 Å². The molecule has 23 heavy (non-hydrogen) atoms. The molecule has 4 nitrogen and oxygen atoms in total. The molecule has 0 spiro atoms. The zero-order valence-corrected chi connectivity index (χ0v) is 12.2. The second-order valence-electron chi connectivity index (χ2n) is 5.53. The van der Waals surface area contributed by atoms with E-state index >= 15 is 0 Å². The average molecular weight is 324 g/mol. The number of aromatic nitrogens is 1. The van der Waals surface area contributed by atoms with E-state index in [0.29, 0.717) is 0 Å². The second kappa shape index (κ2) is 6.06. The topological polar surface area (TPSA) is 55.1 Å². The molecule has 1 aromatic carbocycles. The Bertz CT molecular complexity index is 703. The fourth-order valence-electron chi connectivity index (χ4n) is 2.85. The van der Waals surface area contributed by atoms with Gasteiger partial charge in [-0.25, -0.2) is 4.98 Å². The van der Waals surface area contributed by atoms with E-state index in [2.05, 4.69) is 10.3 Å². The van der Waals surface area contributed by atoms with Gasteiger partial charge in [0.25, 0.3) is 5.91 Å². The Labute approximate surface area is 130 Å². The minimum absolute atomic E-state index is 0.0462. The van der Waals surface area contributed by atoms with Gasteiger partial charge in [0.1, 0.15) is 0 Å². The molecular weight excluding hydrogens is 309 g/mol. The third kappa shape index (κ3) is 3.23. The van der Waals surface area contributed by atoms with E-state index in [9.17, 15) is 18.0 Å². The maximum atomic E-state index is 13.1. The summed E-state index contributed by atoms with van der Waals surface area (Å²) in [6.45, 7) is 0. The summed E-state index contributed by atoms with van der Waals surface area (Å²) in [6.07, 6.45) is 0.270. The lowest BCUT2D eigenvalue weighted by molar-refractivity contribution is -0.137. The summed E-state index contributed by atoms with van der Waals surface area (Å²) in [6, 6.07) is 5.03. The van der Waals surface area contributed by atoms with Crippen molar-refractivity contribution in [3.63, 3.8) is 0 Å². The number of oxazole rings is 1. The summed E-state index contributed by atoms with van der Waals surface area (Å²) in [5.41, 5.74) is -1.16. The summed E-state index contributed by atoms with van der Waals surface area (Å²) in [4.78, 5) is 16.1. The molecule has 2 aromatic rings. The first-order valence-corrected chi connectivity index (χ1v) is 7.38. The lowest BCUT2D eigenvalue weighted by Crippen LogP contribution is -2.33.